The third kappa shape index (κ3) is 3.99. The first-order chi connectivity index (χ1) is 9.93. The fourth-order valence-electron chi connectivity index (χ4n) is 2.54. The van der Waals surface area contributed by atoms with Crippen LogP contribution in [0.5, 0.6) is 0 Å². The molecule has 8 nitrogen and oxygen atoms in total. The van der Waals surface area contributed by atoms with Gasteiger partial charge in [-0.05, 0) is 28.7 Å². The van der Waals surface area contributed by atoms with Gasteiger partial charge >= 0.3 is 0 Å². The predicted molar refractivity (Wildman–Crippen MR) is 76.1 cm³/mol. The SMILES string of the molecule is CCC(C)C(C(=O)NCC1CCS(=O)(=O)C1)n1cnnn1. The molecule has 1 aliphatic heterocycles. The van der Waals surface area contributed by atoms with E-state index < -0.39 is 15.9 Å². The number of aromatic nitrogens is 4. The normalized spacial score (nSPS) is 23.6. The minimum Gasteiger partial charge on any atom is -0.354 e. The van der Waals surface area contributed by atoms with Crippen LogP contribution in [0, 0.1) is 11.8 Å². The molecule has 3 unspecified atom stereocenters. The lowest BCUT2D eigenvalue weighted by molar-refractivity contribution is -0.126. The summed E-state index contributed by atoms with van der Waals surface area (Å²) in [6.45, 7) is 4.35. The summed E-state index contributed by atoms with van der Waals surface area (Å²) >= 11 is 0. The van der Waals surface area contributed by atoms with E-state index in [-0.39, 0.29) is 29.2 Å². The van der Waals surface area contributed by atoms with E-state index in [1.54, 1.807) is 0 Å². The Hall–Kier alpha value is -1.51. The quantitative estimate of drug-likeness (QED) is 0.780. The second-order valence-electron chi connectivity index (χ2n) is 5.63. The van der Waals surface area contributed by atoms with Crippen molar-refractivity contribution in [2.75, 3.05) is 18.1 Å². The summed E-state index contributed by atoms with van der Waals surface area (Å²) in [7, 11) is -2.92. The molecular formula is C12H21N5O3S. The summed E-state index contributed by atoms with van der Waals surface area (Å²) in [4.78, 5) is 12.4. The Labute approximate surface area is 124 Å². The number of carbonyl (C=O) groups excluding carboxylic acids is 1. The van der Waals surface area contributed by atoms with Crippen LogP contribution in [0.1, 0.15) is 32.7 Å². The first kappa shape index (κ1) is 15.9. The third-order valence-electron chi connectivity index (χ3n) is 3.99. The number of nitrogens with one attached hydrogen (secondary N) is 1. The zero-order valence-corrected chi connectivity index (χ0v) is 13.1. The third-order valence-corrected chi connectivity index (χ3v) is 5.83. The zero-order chi connectivity index (χ0) is 15.5. The van der Waals surface area contributed by atoms with Crippen LogP contribution in [0.4, 0.5) is 0 Å². The number of hydrogen-bond acceptors (Lipinski definition) is 6. The van der Waals surface area contributed by atoms with Crippen molar-refractivity contribution < 1.29 is 13.2 Å². The van der Waals surface area contributed by atoms with Crippen LogP contribution in [-0.2, 0) is 14.6 Å². The number of nitrogens with zero attached hydrogens (tertiary/aromatic N) is 4. The molecule has 9 heteroatoms. The van der Waals surface area contributed by atoms with E-state index in [1.165, 1.54) is 11.0 Å². The molecule has 0 bridgehead atoms. The molecule has 2 heterocycles. The molecule has 3 atom stereocenters. The molecule has 0 aromatic carbocycles. The van der Waals surface area contributed by atoms with Crippen molar-refractivity contribution in [3.8, 4) is 0 Å². The van der Waals surface area contributed by atoms with Gasteiger partial charge < -0.3 is 5.32 Å². The summed E-state index contributed by atoms with van der Waals surface area (Å²) in [6.07, 6.45) is 2.85. The average Bonchev–Trinajstić information content (AvgIpc) is 3.06. The summed E-state index contributed by atoms with van der Waals surface area (Å²) < 4.78 is 24.3. The van der Waals surface area contributed by atoms with E-state index >= 15 is 0 Å². The Bertz CT molecular complexity index is 572. The van der Waals surface area contributed by atoms with Gasteiger partial charge in [0.15, 0.2) is 9.84 Å². The number of sulfone groups is 1. The van der Waals surface area contributed by atoms with Gasteiger partial charge in [-0.3, -0.25) is 4.79 Å². The first-order valence-electron chi connectivity index (χ1n) is 7.13. The van der Waals surface area contributed by atoms with E-state index in [4.69, 9.17) is 0 Å². The zero-order valence-electron chi connectivity index (χ0n) is 12.3. The van der Waals surface area contributed by atoms with Gasteiger partial charge in [0.25, 0.3) is 0 Å². The van der Waals surface area contributed by atoms with Crippen molar-refractivity contribution >= 4 is 15.7 Å². The van der Waals surface area contributed by atoms with E-state index in [9.17, 15) is 13.2 Å². The lowest BCUT2D eigenvalue weighted by Crippen LogP contribution is -2.39. The van der Waals surface area contributed by atoms with Crippen LogP contribution in [0.15, 0.2) is 6.33 Å². The molecule has 118 valence electrons. The van der Waals surface area contributed by atoms with Crippen molar-refractivity contribution in [2.45, 2.75) is 32.7 Å². The van der Waals surface area contributed by atoms with Gasteiger partial charge in [0, 0.05) is 6.54 Å². The van der Waals surface area contributed by atoms with Crippen LogP contribution >= 0.6 is 0 Å². The van der Waals surface area contributed by atoms with Gasteiger partial charge in [0.05, 0.1) is 11.5 Å². The van der Waals surface area contributed by atoms with Crippen LogP contribution in [-0.4, -0.2) is 52.6 Å². The van der Waals surface area contributed by atoms with Gasteiger partial charge in [-0.25, -0.2) is 13.1 Å². The molecule has 1 N–H and O–H groups in total. The molecule has 2 rings (SSSR count). The van der Waals surface area contributed by atoms with Gasteiger partial charge in [-0.15, -0.1) is 5.10 Å². The van der Waals surface area contributed by atoms with Crippen molar-refractivity contribution in [3.05, 3.63) is 6.33 Å². The molecule has 0 saturated carbocycles. The number of tetrazole rings is 1. The molecule has 1 aromatic rings. The first-order valence-corrected chi connectivity index (χ1v) is 8.95. The summed E-state index contributed by atoms with van der Waals surface area (Å²) in [5.74, 6) is 0.300. The maximum absolute atomic E-state index is 12.4. The van der Waals surface area contributed by atoms with Gasteiger partial charge in [-0.2, -0.15) is 0 Å². The molecule has 1 aromatic heterocycles. The predicted octanol–water partition coefficient (Wildman–Crippen LogP) is -0.189. The van der Waals surface area contributed by atoms with Crippen LogP contribution in [0.25, 0.3) is 0 Å². The number of hydrogen-bond donors (Lipinski definition) is 1. The molecule has 1 aliphatic rings. The fraction of sp³-hybridized carbons (Fsp3) is 0.833. The molecular weight excluding hydrogens is 294 g/mol. The van der Waals surface area contributed by atoms with E-state index in [1.807, 2.05) is 13.8 Å². The number of carbonyl (C=O) groups is 1. The van der Waals surface area contributed by atoms with Crippen molar-refractivity contribution in [1.82, 2.24) is 25.5 Å². The summed E-state index contributed by atoms with van der Waals surface area (Å²) in [6, 6.07) is -0.469. The minimum atomic E-state index is -2.92. The summed E-state index contributed by atoms with van der Waals surface area (Å²) in [5.41, 5.74) is 0. The second-order valence-corrected chi connectivity index (χ2v) is 7.86. The lowest BCUT2D eigenvalue weighted by Gasteiger charge is -2.22. The Morgan fingerprint density at radius 3 is 2.81 bits per heavy atom. The van der Waals surface area contributed by atoms with E-state index in [0.29, 0.717) is 13.0 Å². The minimum absolute atomic E-state index is 0.00500. The highest BCUT2D eigenvalue weighted by atomic mass is 32.2. The van der Waals surface area contributed by atoms with Crippen LogP contribution < -0.4 is 5.32 Å². The monoisotopic (exact) mass is 315 g/mol. The smallest absolute Gasteiger partial charge is 0.245 e. The van der Waals surface area contributed by atoms with E-state index in [0.717, 1.165) is 6.42 Å². The van der Waals surface area contributed by atoms with Crippen molar-refractivity contribution in [3.63, 3.8) is 0 Å². The molecule has 21 heavy (non-hydrogen) atoms. The molecule has 1 amide bonds. The maximum Gasteiger partial charge on any atom is 0.245 e. The van der Waals surface area contributed by atoms with E-state index in [2.05, 4.69) is 20.8 Å². The molecule has 1 saturated heterocycles. The largest absolute Gasteiger partial charge is 0.354 e. The summed E-state index contributed by atoms with van der Waals surface area (Å²) in [5, 5.41) is 13.8. The highest BCUT2D eigenvalue weighted by Crippen LogP contribution is 2.21. The number of amides is 1. The van der Waals surface area contributed by atoms with Crippen molar-refractivity contribution in [1.29, 1.82) is 0 Å². The van der Waals surface area contributed by atoms with Crippen molar-refractivity contribution in [2.24, 2.45) is 11.8 Å². The van der Waals surface area contributed by atoms with Crippen LogP contribution in [0.2, 0.25) is 0 Å². The molecule has 0 spiro atoms. The number of rotatable bonds is 6. The fourth-order valence-corrected chi connectivity index (χ4v) is 4.40. The molecule has 0 aliphatic carbocycles. The lowest BCUT2D eigenvalue weighted by atomic mass is 9.98. The molecule has 0 radical (unpaired) electrons. The molecule has 1 fully saturated rings. The highest BCUT2D eigenvalue weighted by molar-refractivity contribution is 7.91. The Balaban J connectivity index is 1.96. The van der Waals surface area contributed by atoms with Gasteiger partial charge in [-0.1, -0.05) is 20.3 Å². The average molecular weight is 315 g/mol. The Morgan fingerprint density at radius 2 is 2.29 bits per heavy atom. The standard InChI is InChI=1S/C12H21N5O3S/c1-3-9(2)11(17-8-14-15-16-17)12(18)13-6-10-4-5-21(19,20)7-10/h8-11H,3-7H2,1-2H3,(H,13,18). The van der Waals surface area contributed by atoms with Crippen LogP contribution in [0.3, 0.4) is 0 Å². The topological polar surface area (TPSA) is 107 Å². The Kier molecular flexibility index (Phi) is 4.92. The Morgan fingerprint density at radius 1 is 1.52 bits per heavy atom. The highest BCUT2D eigenvalue weighted by Gasteiger charge is 2.31. The maximum atomic E-state index is 12.4. The van der Waals surface area contributed by atoms with Gasteiger partial charge in [0.1, 0.15) is 12.4 Å². The van der Waals surface area contributed by atoms with Gasteiger partial charge in [0.2, 0.25) is 5.91 Å². The second kappa shape index (κ2) is 6.50.